The first-order valence-electron chi connectivity index (χ1n) is 6.17. The highest BCUT2D eigenvalue weighted by Crippen LogP contribution is 2.32. The maximum absolute atomic E-state index is 5.66. The molecule has 1 saturated heterocycles. The van der Waals surface area contributed by atoms with Crippen molar-refractivity contribution >= 4 is 0 Å². The summed E-state index contributed by atoms with van der Waals surface area (Å²) in [6.45, 7) is 2.97. The Morgan fingerprint density at radius 1 is 1.47 bits per heavy atom. The Labute approximate surface area is 103 Å². The van der Waals surface area contributed by atoms with E-state index in [9.17, 15) is 0 Å². The summed E-state index contributed by atoms with van der Waals surface area (Å²) in [6.07, 6.45) is 1.49. The number of methoxy groups -OCH3 is 1. The van der Waals surface area contributed by atoms with Crippen molar-refractivity contribution in [3.05, 3.63) is 29.8 Å². The monoisotopic (exact) mass is 235 g/mol. The molecule has 0 aromatic heterocycles. The molecule has 3 nitrogen and oxygen atoms in total. The van der Waals surface area contributed by atoms with Crippen molar-refractivity contribution in [2.24, 2.45) is 5.92 Å². The Hall–Kier alpha value is -1.06. The molecule has 0 bridgehead atoms. The normalized spacial score (nSPS) is 25.8. The Bertz CT molecular complexity index is 367. The summed E-state index contributed by atoms with van der Waals surface area (Å²) in [6, 6.07) is 8.61. The maximum Gasteiger partial charge on any atom is 0.119 e. The molecule has 0 amide bonds. The van der Waals surface area contributed by atoms with Gasteiger partial charge in [-0.2, -0.15) is 0 Å². The molecule has 1 aromatic rings. The quantitative estimate of drug-likeness (QED) is 0.869. The van der Waals surface area contributed by atoms with E-state index in [1.54, 1.807) is 7.11 Å². The number of hydrogen-bond acceptors (Lipinski definition) is 3. The van der Waals surface area contributed by atoms with E-state index in [1.807, 2.05) is 19.2 Å². The molecule has 1 aromatic carbocycles. The molecule has 3 unspecified atom stereocenters. The number of ether oxygens (including phenoxy) is 2. The van der Waals surface area contributed by atoms with Gasteiger partial charge < -0.3 is 14.8 Å². The van der Waals surface area contributed by atoms with Crippen LogP contribution in [0.1, 0.15) is 24.9 Å². The Balaban J connectivity index is 2.16. The predicted octanol–water partition coefficient (Wildman–Crippen LogP) is 2.38. The molecule has 1 N–H and O–H groups in total. The van der Waals surface area contributed by atoms with Gasteiger partial charge in [0.2, 0.25) is 0 Å². The molecular formula is C14H21NO2. The summed E-state index contributed by atoms with van der Waals surface area (Å²) in [5, 5.41) is 3.40. The fraction of sp³-hybridized carbons (Fsp3) is 0.571. The van der Waals surface area contributed by atoms with Gasteiger partial charge in [0.25, 0.3) is 0 Å². The first-order chi connectivity index (χ1) is 8.24. The van der Waals surface area contributed by atoms with E-state index in [0.717, 1.165) is 18.8 Å². The van der Waals surface area contributed by atoms with Crippen molar-refractivity contribution in [2.45, 2.75) is 25.5 Å². The second-order valence-electron chi connectivity index (χ2n) is 4.68. The third kappa shape index (κ3) is 2.79. The number of rotatable bonds is 4. The maximum atomic E-state index is 5.66. The van der Waals surface area contributed by atoms with Crippen LogP contribution in [0.25, 0.3) is 0 Å². The van der Waals surface area contributed by atoms with Gasteiger partial charge in [0.1, 0.15) is 5.75 Å². The molecule has 0 aliphatic carbocycles. The van der Waals surface area contributed by atoms with Crippen molar-refractivity contribution in [3.63, 3.8) is 0 Å². The lowest BCUT2D eigenvalue weighted by Crippen LogP contribution is -2.25. The topological polar surface area (TPSA) is 30.5 Å². The predicted molar refractivity (Wildman–Crippen MR) is 68.3 cm³/mol. The van der Waals surface area contributed by atoms with Crippen molar-refractivity contribution < 1.29 is 9.47 Å². The zero-order valence-corrected chi connectivity index (χ0v) is 10.8. The molecule has 0 spiro atoms. The van der Waals surface area contributed by atoms with Gasteiger partial charge in [-0.1, -0.05) is 12.1 Å². The van der Waals surface area contributed by atoms with Crippen molar-refractivity contribution in [1.29, 1.82) is 0 Å². The first-order valence-corrected chi connectivity index (χ1v) is 6.17. The van der Waals surface area contributed by atoms with E-state index in [4.69, 9.17) is 9.47 Å². The molecule has 0 saturated carbocycles. The van der Waals surface area contributed by atoms with Crippen LogP contribution < -0.4 is 10.1 Å². The fourth-order valence-corrected chi connectivity index (χ4v) is 2.59. The van der Waals surface area contributed by atoms with Crippen LogP contribution in [0.2, 0.25) is 0 Å². The first kappa shape index (κ1) is 12.4. The van der Waals surface area contributed by atoms with E-state index in [0.29, 0.717) is 18.1 Å². The molecule has 3 atom stereocenters. The van der Waals surface area contributed by atoms with Crippen molar-refractivity contribution in [3.8, 4) is 5.75 Å². The number of hydrogen-bond donors (Lipinski definition) is 1. The standard InChI is InChI=1S/C14H21NO2/c1-10-7-12(9-17-10)14(15-2)11-5-4-6-13(8-11)16-3/h4-6,8,10,12,14-15H,7,9H2,1-3H3. The highest BCUT2D eigenvalue weighted by Gasteiger charge is 2.29. The van der Waals surface area contributed by atoms with Crippen LogP contribution in [0.15, 0.2) is 24.3 Å². The number of nitrogens with one attached hydrogen (secondary N) is 1. The minimum atomic E-state index is 0.343. The summed E-state index contributed by atoms with van der Waals surface area (Å²) >= 11 is 0. The SMILES string of the molecule is CNC(c1cccc(OC)c1)C1COC(C)C1. The van der Waals surface area contributed by atoms with E-state index in [-0.39, 0.29) is 0 Å². The van der Waals surface area contributed by atoms with Crippen LogP contribution in [0, 0.1) is 5.92 Å². The van der Waals surface area contributed by atoms with Crippen LogP contribution in [-0.2, 0) is 4.74 Å². The van der Waals surface area contributed by atoms with E-state index in [2.05, 4.69) is 24.4 Å². The minimum Gasteiger partial charge on any atom is -0.497 e. The molecule has 2 rings (SSSR count). The highest BCUT2D eigenvalue weighted by molar-refractivity contribution is 5.31. The molecule has 1 fully saturated rings. The van der Waals surface area contributed by atoms with Gasteiger partial charge in [-0.25, -0.2) is 0 Å². The van der Waals surface area contributed by atoms with Crippen LogP contribution in [0.3, 0.4) is 0 Å². The molecule has 1 heterocycles. The second kappa shape index (κ2) is 5.52. The summed E-state index contributed by atoms with van der Waals surface area (Å²) in [5.74, 6) is 1.46. The largest absolute Gasteiger partial charge is 0.497 e. The Morgan fingerprint density at radius 2 is 2.29 bits per heavy atom. The summed E-state index contributed by atoms with van der Waals surface area (Å²) < 4.78 is 10.9. The molecule has 3 heteroatoms. The van der Waals surface area contributed by atoms with Crippen molar-refractivity contribution in [2.75, 3.05) is 20.8 Å². The molecule has 0 radical (unpaired) electrons. The van der Waals surface area contributed by atoms with E-state index < -0.39 is 0 Å². The van der Waals surface area contributed by atoms with Gasteiger partial charge in [-0.3, -0.25) is 0 Å². The van der Waals surface area contributed by atoms with Gasteiger partial charge in [0.15, 0.2) is 0 Å². The minimum absolute atomic E-state index is 0.343. The third-order valence-electron chi connectivity index (χ3n) is 3.46. The van der Waals surface area contributed by atoms with Crippen LogP contribution in [0.4, 0.5) is 0 Å². The van der Waals surface area contributed by atoms with Crippen LogP contribution >= 0.6 is 0 Å². The van der Waals surface area contributed by atoms with Crippen molar-refractivity contribution in [1.82, 2.24) is 5.32 Å². The van der Waals surface area contributed by atoms with E-state index in [1.165, 1.54) is 5.56 Å². The highest BCUT2D eigenvalue weighted by atomic mass is 16.5. The van der Waals surface area contributed by atoms with Gasteiger partial charge >= 0.3 is 0 Å². The molecule has 1 aliphatic heterocycles. The summed E-state index contributed by atoms with van der Waals surface area (Å²) in [5.41, 5.74) is 1.27. The average molecular weight is 235 g/mol. The lowest BCUT2D eigenvalue weighted by Gasteiger charge is -2.22. The third-order valence-corrected chi connectivity index (χ3v) is 3.46. The van der Waals surface area contributed by atoms with Crippen LogP contribution in [0.5, 0.6) is 5.75 Å². The second-order valence-corrected chi connectivity index (χ2v) is 4.68. The van der Waals surface area contributed by atoms with Crippen LogP contribution in [-0.4, -0.2) is 26.9 Å². The van der Waals surface area contributed by atoms with Gasteiger partial charge in [0.05, 0.1) is 19.8 Å². The van der Waals surface area contributed by atoms with Gasteiger partial charge in [0, 0.05) is 12.0 Å². The zero-order chi connectivity index (χ0) is 12.3. The fourth-order valence-electron chi connectivity index (χ4n) is 2.59. The lowest BCUT2D eigenvalue weighted by atomic mass is 9.91. The van der Waals surface area contributed by atoms with E-state index >= 15 is 0 Å². The Kier molecular flexibility index (Phi) is 4.02. The molecule has 17 heavy (non-hydrogen) atoms. The average Bonchev–Trinajstić information content (AvgIpc) is 2.77. The molecular weight excluding hydrogens is 214 g/mol. The smallest absolute Gasteiger partial charge is 0.119 e. The zero-order valence-electron chi connectivity index (χ0n) is 10.8. The molecule has 94 valence electrons. The lowest BCUT2D eigenvalue weighted by molar-refractivity contribution is 0.117. The Morgan fingerprint density at radius 3 is 2.88 bits per heavy atom. The van der Waals surface area contributed by atoms with Gasteiger partial charge in [-0.05, 0) is 38.1 Å². The molecule has 1 aliphatic rings. The summed E-state index contributed by atoms with van der Waals surface area (Å²) in [4.78, 5) is 0. The summed E-state index contributed by atoms with van der Waals surface area (Å²) in [7, 11) is 3.71. The number of benzene rings is 1. The van der Waals surface area contributed by atoms with Gasteiger partial charge in [-0.15, -0.1) is 0 Å².